The van der Waals surface area contributed by atoms with E-state index in [4.69, 9.17) is 0 Å². The van der Waals surface area contributed by atoms with Gasteiger partial charge in [-0.2, -0.15) is 0 Å². The molecule has 3 rings (SSSR count). The Labute approximate surface area is 114 Å². The number of nitrogens with zero attached hydrogens (tertiary/aromatic N) is 1. The first-order chi connectivity index (χ1) is 9.22. The van der Waals surface area contributed by atoms with Crippen molar-refractivity contribution in [3.05, 3.63) is 34.9 Å². The lowest BCUT2D eigenvalue weighted by atomic mass is 9.90. The molecule has 3 heteroatoms. The lowest BCUT2D eigenvalue weighted by Gasteiger charge is -2.18. The van der Waals surface area contributed by atoms with Crippen molar-refractivity contribution >= 4 is 5.91 Å². The molecule has 1 amide bonds. The summed E-state index contributed by atoms with van der Waals surface area (Å²) in [4.78, 5) is 13.9. The van der Waals surface area contributed by atoms with Crippen molar-refractivity contribution in [1.82, 2.24) is 4.90 Å². The largest absolute Gasteiger partial charge is 0.391 e. The van der Waals surface area contributed by atoms with E-state index in [-0.39, 0.29) is 12.0 Å². The maximum absolute atomic E-state index is 12.1. The summed E-state index contributed by atoms with van der Waals surface area (Å²) in [6.07, 6.45) is 5.75. The molecule has 1 saturated heterocycles. The van der Waals surface area contributed by atoms with E-state index in [1.54, 1.807) is 4.90 Å². The molecule has 0 aromatic heterocycles. The first-order valence-corrected chi connectivity index (χ1v) is 7.29. The highest BCUT2D eigenvalue weighted by Gasteiger charge is 2.24. The molecule has 0 saturated carbocycles. The van der Waals surface area contributed by atoms with E-state index in [2.05, 4.69) is 18.2 Å². The van der Waals surface area contributed by atoms with E-state index < -0.39 is 0 Å². The summed E-state index contributed by atoms with van der Waals surface area (Å²) >= 11 is 0. The zero-order valence-electron chi connectivity index (χ0n) is 11.3. The number of benzene rings is 1. The smallest absolute Gasteiger partial charge is 0.227 e. The average Bonchev–Trinajstić information content (AvgIpc) is 2.85. The lowest BCUT2D eigenvalue weighted by Crippen LogP contribution is -2.30. The third-order valence-corrected chi connectivity index (χ3v) is 4.28. The maximum atomic E-state index is 12.1. The minimum absolute atomic E-state index is 0.146. The Kier molecular flexibility index (Phi) is 3.56. The van der Waals surface area contributed by atoms with Crippen LogP contribution in [0.2, 0.25) is 0 Å². The van der Waals surface area contributed by atoms with Crippen LogP contribution in [0.1, 0.15) is 36.0 Å². The van der Waals surface area contributed by atoms with Crippen LogP contribution in [0.15, 0.2) is 18.2 Å². The number of aliphatic hydroxyl groups excluding tert-OH is 1. The minimum atomic E-state index is -0.326. The molecular formula is C16H21NO2. The quantitative estimate of drug-likeness (QED) is 0.878. The van der Waals surface area contributed by atoms with Crippen LogP contribution in [0.25, 0.3) is 0 Å². The summed E-state index contributed by atoms with van der Waals surface area (Å²) in [5, 5.41) is 9.48. The van der Waals surface area contributed by atoms with Crippen LogP contribution >= 0.6 is 0 Å². The third-order valence-electron chi connectivity index (χ3n) is 4.28. The molecule has 1 aliphatic heterocycles. The summed E-state index contributed by atoms with van der Waals surface area (Å²) in [5.74, 6) is 0.146. The number of β-amino-alcohol motifs (C(OH)–C–C–N with tert-alkyl or cyclic N) is 1. The predicted molar refractivity (Wildman–Crippen MR) is 74.0 cm³/mol. The molecule has 1 aromatic rings. The molecular weight excluding hydrogens is 238 g/mol. The average molecular weight is 259 g/mol. The Morgan fingerprint density at radius 2 is 2.05 bits per heavy atom. The van der Waals surface area contributed by atoms with Crippen LogP contribution in [0.5, 0.6) is 0 Å². The Morgan fingerprint density at radius 3 is 2.79 bits per heavy atom. The molecule has 102 valence electrons. The Bertz CT molecular complexity index is 484. The second-order valence-corrected chi connectivity index (χ2v) is 5.77. The summed E-state index contributed by atoms with van der Waals surface area (Å²) in [6, 6.07) is 6.49. The van der Waals surface area contributed by atoms with Crippen LogP contribution in [0, 0.1) is 0 Å². The number of rotatable bonds is 2. The number of aryl methyl sites for hydroxylation is 2. The number of carbonyl (C=O) groups is 1. The van der Waals surface area contributed by atoms with E-state index in [9.17, 15) is 9.90 Å². The Balaban J connectivity index is 1.68. The van der Waals surface area contributed by atoms with Gasteiger partial charge in [-0.25, -0.2) is 0 Å². The van der Waals surface area contributed by atoms with E-state index in [1.165, 1.54) is 30.4 Å². The van der Waals surface area contributed by atoms with Crippen LogP contribution in [0.3, 0.4) is 0 Å². The van der Waals surface area contributed by atoms with Gasteiger partial charge in [-0.3, -0.25) is 4.79 Å². The van der Waals surface area contributed by atoms with E-state index >= 15 is 0 Å². The molecule has 0 spiro atoms. The fourth-order valence-corrected chi connectivity index (χ4v) is 3.15. The van der Waals surface area contributed by atoms with E-state index in [0.29, 0.717) is 19.5 Å². The molecule has 3 nitrogen and oxygen atoms in total. The van der Waals surface area contributed by atoms with E-state index in [0.717, 1.165) is 18.4 Å². The van der Waals surface area contributed by atoms with Gasteiger partial charge in [0.1, 0.15) is 0 Å². The zero-order chi connectivity index (χ0) is 13.2. The molecule has 2 aliphatic rings. The standard InChI is InChI=1S/C16H21NO2/c18-15-7-8-17(11-15)16(19)10-12-5-6-13-3-1-2-4-14(13)9-12/h5-6,9,15,18H,1-4,7-8,10-11H2/t15-/m0/s1. The van der Waals surface area contributed by atoms with Crippen LogP contribution in [-0.2, 0) is 24.1 Å². The molecule has 0 bridgehead atoms. The molecule has 1 aromatic carbocycles. The van der Waals surface area contributed by atoms with Crippen LogP contribution in [0.4, 0.5) is 0 Å². The molecule has 1 aliphatic carbocycles. The number of hydrogen-bond acceptors (Lipinski definition) is 2. The van der Waals surface area contributed by atoms with Crippen molar-refractivity contribution in [3.63, 3.8) is 0 Å². The fraction of sp³-hybridized carbons (Fsp3) is 0.562. The van der Waals surface area contributed by atoms with Crippen molar-refractivity contribution in [1.29, 1.82) is 0 Å². The first kappa shape index (κ1) is 12.7. The van der Waals surface area contributed by atoms with Gasteiger partial charge in [-0.1, -0.05) is 18.2 Å². The molecule has 1 N–H and O–H groups in total. The second-order valence-electron chi connectivity index (χ2n) is 5.77. The van der Waals surface area contributed by atoms with Crippen molar-refractivity contribution < 1.29 is 9.90 Å². The number of fused-ring (bicyclic) bond motifs is 1. The normalized spacial score (nSPS) is 22.4. The van der Waals surface area contributed by atoms with Gasteiger partial charge >= 0.3 is 0 Å². The molecule has 0 radical (unpaired) electrons. The monoisotopic (exact) mass is 259 g/mol. The van der Waals surface area contributed by atoms with E-state index in [1.807, 2.05) is 0 Å². The van der Waals surface area contributed by atoms with Gasteiger partial charge in [0.25, 0.3) is 0 Å². The SMILES string of the molecule is O=C(Cc1ccc2c(c1)CCCC2)N1CC[C@H](O)C1. The Hall–Kier alpha value is -1.35. The molecule has 1 heterocycles. The number of amides is 1. The van der Waals surface area contributed by atoms with Gasteiger partial charge in [0.15, 0.2) is 0 Å². The highest BCUT2D eigenvalue weighted by atomic mass is 16.3. The van der Waals surface area contributed by atoms with Gasteiger partial charge in [-0.05, 0) is 48.8 Å². The number of hydrogen-bond donors (Lipinski definition) is 1. The van der Waals surface area contributed by atoms with Crippen LogP contribution in [-0.4, -0.2) is 35.1 Å². The number of likely N-dealkylation sites (tertiary alicyclic amines) is 1. The van der Waals surface area contributed by atoms with Gasteiger partial charge in [0.2, 0.25) is 5.91 Å². The van der Waals surface area contributed by atoms with Gasteiger partial charge < -0.3 is 10.0 Å². The number of aliphatic hydroxyl groups is 1. The molecule has 1 atom stereocenters. The summed E-state index contributed by atoms with van der Waals surface area (Å²) < 4.78 is 0. The second kappa shape index (κ2) is 5.33. The maximum Gasteiger partial charge on any atom is 0.227 e. The van der Waals surface area contributed by atoms with Crippen molar-refractivity contribution in [2.75, 3.05) is 13.1 Å². The van der Waals surface area contributed by atoms with Crippen molar-refractivity contribution in [2.24, 2.45) is 0 Å². The van der Waals surface area contributed by atoms with Gasteiger partial charge in [0, 0.05) is 13.1 Å². The zero-order valence-corrected chi connectivity index (χ0v) is 11.3. The first-order valence-electron chi connectivity index (χ1n) is 7.29. The highest BCUT2D eigenvalue weighted by Crippen LogP contribution is 2.23. The third kappa shape index (κ3) is 2.81. The van der Waals surface area contributed by atoms with Gasteiger partial charge in [-0.15, -0.1) is 0 Å². The molecule has 0 unspecified atom stereocenters. The predicted octanol–water partition coefficient (Wildman–Crippen LogP) is 1.70. The summed E-state index contributed by atoms with van der Waals surface area (Å²) in [7, 11) is 0. The lowest BCUT2D eigenvalue weighted by molar-refractivity contribution is -0.129. The minimum Gasteiger partial charge on any atom is -0.391 e. The molecule has 1 fully saturated rings. The van der Waals surface area contributed by atoms with Crippen LogP contribution < -0.4 is 0 Å². The molecule has 19 heavy (non-hydrogen) atoms. The topological polar surface area (TPSA) is 40.5 Å². The Morgan fingerprint density at radius 1 is 1.26 bits per heavy atom. The fourth-order valence-electron chi connectivity index (χ4n) is 3.15. The van der Waals surface area contributed by atoms with Crippen molar-refractivity contribution in [2.45, 2.75) is 44.6 Å². The summed E-state index contributed by atoms with van der Waals surface area (Å²) in [6.45, 7) is 1.20. The summed E-state index contributed by atoms with van der Waals surface area (Å²) in [5.41, 5.74) is 4.00. The van der Waals surface area contributed by atoms with Gasteiger partial charge in [0.05, 0.1) is 12.5 Å². The number of carbonyl (C=O) groups excluding carboxylic acids is 1. The van der Waals surface area contributed by atoms with Crippen molar-refractivity contribution in [3.8, 4) is 0 Å². The highest BCUT2D eigenvalue weighted by molar-refractivity contribution is 5.79.